The summed E-state index contributed by atoms with van der Waals surface area (Å²) in [4.78, 5) is 38.8. The molecule has 1 atom stereocenters. The summed E-state index contributed by atoms with van der Waals surface area (Å²) in [6, 6.07) is 8.59. The summed E-state index contributed by atoms with van der Waals surface area (Å²) >= 11 is 0. The summed E-state index contributed by atoms with van der Waals surface area (Å²) < 4.78 is 10.5. The van der Waals surface area contributed by atoms with Crippen LogP contribution >= 0.6 is 0 Å². The smallest absolute Gasteiger partial charge is 0.408 e. The lowest BCUT2D eigenvalue weighted by Crippen LogP contribution is -2.52. The second kappa shape index (κ2) is 11.4. The Bertz CT molecular complexity index is 696. The Balaban J connectivity index is 1.85. The highest BCUT2D eigenvalue weighted by Crippen LogP contribution is 2.12. The molecule has 0 aromatic heterocycles. The topological polar surface area (TPSA) is 97.0 Å². The van der Waals surface area contributed by atoms with Gasteiger partial charge in [-0.2, -0.15) is 0 Å². The van der Waals surface area contributed by atoms with E-state index in [-0.39, 0.29) is 25.5 Å². The third-order valence-corrected chi connectivity index (χ3v) is 4.57. The van der Waals surface area contributed by atoms with Crippen molar-refractivity contribution in [2.24, 2.45) is 0 Å². The van der Waals surface area contributed by atoms with Crippen molar-refractivity contribution in [2.75, 3.05) is 19.6 Å². The van der Waals surface area contributed by atoms with E-state index in [0.717, 1.165) is 24.8 Å². The molecule has 1 aliphatic rings. The van der Waals surface area contributed by atoms with Gasteiger partial charge in [0.15, 0.2) is 0 Å². The number of alkyl carbamates (subject to hydrolysis) is 2. The van der Waals surface area contributed by atoms with E-state index in [4.69, 9.17) is 9.47 Å². The summed E-state index contributed by atoms with van der Waals surface area (Å²) in [6.45, 7) is 7.00. The monoisotopic (exact) mass is 419 g/mol. The van der Waals surface area contributed by atoms with Gasteiger partial charge in [-0.3, -0.25) is 4.79 Å². The number of carbonyl (C=O) groups excluding carboxylic acids is 3. The number of piperidine rings is 1. The zero-order valence-corrected chi connectivity index (χ0v) is 18.1. The van der Waals surface area contributed by atoms with Gasteiger partial charge in [0.25, 0.3) is 0 Å². The summed E-state index contributed by atoms with van der Waals surface area (Å²) in [7, 11) is 0. The fourth-order valence-corrected chi connectivity index (χ4v) is 3.13. The van der Waals surface area contributed by atoms with Crippen molar-refractivity contribution in [3.05, 3.63) is 35.9 Å². The summed E-state index contributed by atoms with van der Waals surface area (Å²) in [5.41, 5.74) is 0.222. The maximum atomic E-state index is 12.9. The average molecular weight is 420 g/mol. The highest BCUT2D eigenvalue weighted by atomic mass is 16.6. The first-order valence-corrected chi connectivity index (χ1v) is 10.5. The van der Waals surface area contributed by atoms with Crippen LogP contribution in [-0.2, 0) is 20.9 Å². The van der Waals surface area contributed by atoms with Gasteiger partial charge in [-0.1, -0.05) is 30.3 Å². The normalized spacial score (nSPS) is 15.1. The lowest BCUT2D eigenvalue weighted by atomic mass is 10.1. The van der Waals surface area contributed by atoms with Gasteiger partial charge in [-0.15, -0.1) is 0 Å². The number of nitrogens with zero attached hydrogens (tertiary/aromatic N) is 1. The van der Waals surface area contributed by atoms with Crippen LogP contribution in [0.25, 0.3) is 0 Å². The largest absolute Gasteiger partial charge is 0.445 e. The predicted molar refractivity (Wildman–Crippen MR) is 113 cm³/mol. The highest BCUT2D eigenvalue weighted by Gasteiger charge is 2.28. The number of nitrogens with one attached hydrogen (secondary N) is 2. The van der Waals surface area contributed by atoms with Gasteiger partial charge >= 0.3 is 12.2 Å². The van der Waals surface area contributed by atoms with E-state index >= 15 is 0 Å². The molecule has 2 N–H and O–H groups in total. The quantitative estimate of drug-likeness (QED) is 0.707. The number of amides is 3. The number of rotatable bonds is 7. The van der Waals surface area contributed by atoms with Crippen LogP contribution in [0.2, 0.25) is 0 Å². The molecule has 0 saturated carbocycles. The molecule has 8 heteroatoms. The maximum absolute atomic E-state index is 12.9. The molecule has 1 heterocycles. The molecule has 1 saturated heterocycles. The van der Waals surface area contributed by atoms with Crippen molar-refractivity contribution in [1.29, 1.82) is 0 Å². The fraction of sp³-hybridized carbons (Fsp3) is 0.591. The van der Waals surface area contributed by atoms with E-state index in [1.54, 1.807) is 25.7 Å². The first-order valence-electron chi connectivity index (χ1n) is 10.5. The number of likely N-dealkylation sites (tertiary alicyclic amines) is 1. The Morgan fingerprint density at radius 2 is 1.70 bits per heavy atom. The Labute approximate surface area is 178 Å². The molecule has 0 unspecified atom stereocenters. The van der Waals surface area contributed by atoms with Crippen LogP contribution in [0.3, 0.4) is 0 Å². The zero-order chi connectivity index (χ0) is 22.0. The molecule has 0 radical (unpaired) electrons. The van der Waals surface area contributed by atoms with Crippen molar-refractivity contribution in [1.82, 2.24) is 15.5 Å². The number of ether oxygens (including phenoxy) is 2. The third kappa shape index (κ3) is 8.71. The van der Waals surface area contributed by atoms with Gasteiger partial charge in [-0.05, 0) is 52.0 Å². The molecule has 166 valence electrons. The summed E-state index contributed by atoms with van der Waals surface area (Å²) in [6.07, 6.45) is 2.03. The van der Waals surface area contributed by atoms with Crippen molar-refractivity contribution in [2.45, 2.75) is 64.7 Å². The van der Waals surface area contributed by atoms with Gasteiger partial charge in [-0.25, -0.2) is 9.59 Å². The van der Waals surface area contributed by atoms with Gasteiger partial charge in [0.05, 0.1) is 0 Å². The summed E-state index contributed by atoms with van der Waals surface area (Å²) in [5.74, 6) is -0.153. The van der Waals surface area contributed by atoms with Crippen molar-refractivity contribution in [3.8, 4) is 0 Å². The lowest BCUT2D eigenvalue weighted by Gasteiger charge is -2.31. The Morgan fingerprint density at radius 1 is 1.03 bits per heavy atom. The molecule has 1 aromatic carbocycles. The molecule has 0 aliphatic carbocycles. The number of hydrogen-bond donors (Lipinski definition) is 2. The number of hydrogen-bond acceptors (Lipinski definition) is 5. The molecule has 3 amide bonds. The Kier molecular flexibility index (Phi) is 8.95. The number of carbonyl (C=O) groups is 3. The van der Waals surface area contributed by atoms with Crippen molar-refractivity contribution < 1.29 is 23.9 Å². The third-order valence-electron chi connectivity index (χ3n) is 4.57. The lowest BCUT2D eigenvalue weighted by molar-refractivity contribution is -0.134. The maximum Gasteiger partial charge on any atom is 0.408 e. The van der Waals surface area contributed by atoms with Gasteiger partial charge in [0.1, 0.15) is 18.2 Å². The number of benzene rings is 1. The first-order chi connectivity index (χ1) is 14.2. The molecule has 0 spiro atoms. The van der Waals surface area contributed by atoms with E-state index in [1.165, 1.54) is 0 Å². The second-order valence-electron chi connectivity index (χ2n) is 8.36. The molecular weight excluding hydrogens is 386 g/mol. The van der Waals surface area contributed by atoms with Gasteiger partial charge in [0.2, 0.25) is 5.91 Å². The SMILES string of the molecule is CC(C)(C)OC(=O)N[C@@H](CCNC(=O)OCc1ccccc1)C(=O)N1CCCCC1. The van der Waals surface area contributed by atoms with Crippen molar-refractivity contribution in [3.63, 3.8) is 0 Å². The highest BCUT2D eigenvalue weighted by molar-refractivity contribution is 5.86. The van der Waals surface area contributed by atoms with Crippen LogP contribution in [0.4, 0.5) is 9.59 Å². The molecule has 1 aliphatic heterocycles. The second-order valence-corrected chi connectivity index (χ2v) is 8.36. The van der Waals surface area contributed by atoms with Gasteiger partial charge < -0.3 is 25.0 Å². The van der Waals surface area contributed by atoms with Gasteiger partial charge in [0, 0.05) is 19.6 Å². The van der Waals surface area contributed by atoms with Crippen LogP contribution in [0.5, 0.6) is 0 Å². The first kappa shape index (κ1) is 23.5. The van der Waals surface area contributed by atoms with E-state index in [2.05, 4.69) is 10.6 Å². The zero-order valence-electron chi connectivity index (χ0n) is 18.1. The Morgan fingerprint density at radius 3 is 2.33 bits per heavy atom. The average Bonchev–Trinajstić information content (AvgIpc) is 2.71. The van der Waals surface area contributed by atoms with E-state index < -0.39 is 23.8 Å². The molecule has 2 rings (SSSR count). The van der Waals surface area contributed by atoms with Crippen molar-refractivity contribution >= 4 is 18.1 Å². The fourth-order valence-electron chi connectivity index (χ4n) is 3.13. The molecule has 1 aromatic rings. The molecule has 1 fully saturated rings. The summed E-state index contributed by atoms with van der Waals surface area (Å²) in [5, 5.41) is 5.30. The van der Waals surface area contributed by atoms with E-state index in [9.17, 15) is 14.4 Å². The Hall–Kier alpha value is -2.77. The van der Waals surface area contributed by atoms with Crippen LogP contribution < -0.4 is 10.6 Å². The minimum atomic E-state index is -0.771. The molecule has 8 nitrogen and oxygen atoms in total. The minimum absolute atomic E-state index is 0.153. The standard InChI is InChI=1S/C22H33N3O5/c1-22(2,3)30-21(28)24-18(19(26)25-14-8-5-9-15-25)12-13-23-20(27)29-16-17-10-6-4-7-11-17/h4,6-7,10-11,18H,5,8-9,12-16H2,1-3H3,(H,23,27)(H,24,28)/t18-/m0/s1. The van der Waals surface area contributed by atoms with Crippen LogP contribution in [0, 0.1) is 0 Å². The molecular formula is C22H33N3O5. The molecule has 30 heavy (non-hydrogen) atoms. The van der Waals surface area contributed by atoms with Crippen LogP contribution in [0.15, 0.2) is 30.3 Å². The molecule has 0 bridgehead atoms. The van der Waals surface area contributed by atoms with Crippen LogP contribution in [-0.4, -0.2) is 54.3 Å². The predicted octanol–water partition coefficient (Wildman–Crippen LogP) is 3.21. The van der Waals surface area contributed by atoms with E-state index in [1.807, 2.05) is 30.3 Å². The minimum Gasteiger partial charge on any atom is -0.445 e. The van der Waals surface area contributed by atoms with E-state index in [0.29, 0.717) is 13.1 Å². The van der Waals surface area contributed by atoms with Crippen LogP contribution in [0.1, 0.15) is 52.0 Å².